The van der Waals surface area contributed by atoms with Crippen molar-refractivity contribution in [1.29, 1.82) is 0 Å². The maximum atomic E-state index is 11.9. The second kappa shape index (κ2) is 5.14. The van der Waals surface area contributed by atoms with E-state index in [1.807, 2.05) is 42.5 Å². The molecule has 1 amide bonds. The number of amides is 1. The van der Waals surface area contributed by atoms with Crippen LogP contribution in [0.1, 0.15) is 6.92 Å². The topological polar surface area (TPSA) is 55.1 Å². The molecule has 0 bridgehead atoms. The van der Waals surface area contributed by atoms with Gasteiger partial charge >= 0.3 is 0 Å². The zero-order valence-corrected chi connectivity index (χ0v) is 10.8. The molecule has 0 aromatic heterocycles. The molecule has 2 aromatic carbocycles. The smallest absolute Gasteiger partial charge is 0.234 e. The molecular weight excluding hydrogens is 244 g/mol. The van der Waals surface area contributed by atoms with Crippen molar-refractivity contribution in [3.8, 4) is 0 Å². The third kappa shape index (κ3) is 2.49. The average Bonchev–Trinajstić information content (AvgIpc) is 2.38. The molecule has 0 radical (unpaired) electrons. The fourth-order valence-electron chi connectivity index (χ4n) is 1.70. The van der Waals surface area contributed by atoms with Gasteiger partial charge in [0.2, 0.25) is 5.91 Å². The Morgan fingerprint density at radius 1 is 1.22 bits per heavy atom. The van der Waals surface area contributed by atoms with Gasteiger partial charge in [-0.25, -0.2) is 0 Å². The molecule has 3 nitrogen and oxygen atoms in total. The van der Waals surface area contributed by atoms with Crippen LogP contribution in [0.15, 0.2) is 42.5 Å². The Morgan fingerprint density at radius 3 is 2.61 bits per heavy atom. The van der Waals surface area contributed by atoms with E-state index in [1.54, 1.807) is 6.92 Å². The number of nitrogens with one attached hydrogen (secondary N) is 1. The number of nitrogens with two attached hydrogens (primary N) is 1. The van der Waals surface area contributed by atoms with Crippen LogP contribution >= 0.6 is 12.2 Å². The van der Waals surface area contributed by atoms with Gasteiger partial charge in [-0.15, -0.1) is 0 Å². The molecule has 1 atom stereocenters. The van der Waals surface area contributed by atoms with Crippen LogP contribution in [0.2, 0.25) is 0 Å². The SMILES string of the molecule is CC(C(=O)Nc1cccc2ccccc12)C(N)=S. The molecule has 92 valence electrons. The lowest BCUT2D eigenvalue weighted by molar-refractivity contribution is -0.117. The summed E-state index contributed by atoms with van der Waals surface area (Å²) in [7, 11) is 0. The van der Waals surface area contributed by atoms with Crippen molar-refractivity contribution < 1.29 is 4.79 Å². The van der Waals surface area contributed by atoms with Crippen LogP contribution in [0.3, 0.4) is 0 Å². The van der Waals surface area contributed by atoms with Crippen molar-refractivity contribution in [2.24, 2.45) is 11.7 Å². The number of anilines is 1. The molecule has 0 heterocycles. The number of carbonyl (C=O) groups excluding carboxylic acids is 1. The Balaban J connectivity index is 2.32. The first-order chi connectivity index (χ1) is 8.59. The van der Waals surface area contributed by atoms with Gasteiger partial charge in [0.05, 0.1) is 10.9 Å². The lowest BCUT2D eigenvalue weighted by Gasteiger charge is -2.12. The van der Waals surface area contributed by atoms with Crippen molar-refractivity contribution in [2.45, 2.75) is 6.92 Å². The van der Waals surface area contributed by atoms with Gasteiger partial charge in [0.1, 0.15) is 0 Å². The van der Waals surface area contributed by atoms with Crippen molar-refractivity contribution in [3.63, 3.8) is 0 Å². The monoisotopic (exact) mass is 258 g/mol. The van der Waals surface area contributed by atoms with Gasteiger partial charge in [0, 0.05) is 11.1 Å². The lowest BCUT2D eigenvalue weighted by Crippen LogP contribution is -2.30. The number of carbonyl (C=O) groups is 1. The van der Waals surface area contributed by atoms with E-state index < -0.39 is 5.92 Å². The molecule has 0 aliphatic rings. The molecule has 0 fully saturated rings. The first-order valence-electron chi connectivity index (χ1n) is 5.67. The third-order valence-corrected chi connectivity index (χ3v) is 3.22. The van der Waals surface area contributed by atoms with Crippen LogP contribution in [0.5, 0.6) is 0 Å². The van der Waals surface area contributed by atoms with Gasteiger partial charge in [-0.1, -0.05) is 48.6 Å². The average molecular weight is 258 g/mol. The maximum Gasteiger partial charge on any atom is 0.234 e. The van der Waals surface area contributed by atoms with E-state index in [0.717, 1.165) is 16.5 Å². The Morgan fingerprint density at radius 2 is 1.89 bits per heavy atom. The first kappa shape index (κ1) is 12.5. The molecule has 4 heteroatoms. The standard InChI is InChI=1S/C14H14N2OS/c1-9(13(15)18)14(17)16-12-8-4-6-10-5-2-3-7-11(10)12/h2-9H,1H3,(H2,15,18)(H,16,17). The number of benzene rings is 2. The molecule has 18 heavy (non-hydrogen) atoms. The van der Waals surface area contributed by atoms with Gasteiger partial charge in [-0.3, -0.25) is 4.79 Å². The maximum absolute atomic E-state index is 11.9. The predicted octanol–water partition coefficient (Wildman–Crippen LogP) is 2.70. The van der Waals surface area contributed by atoms with E-state index in [-0.39, 0.29) is 10.9 Å². The van der Waals surface area contributed by atoms with Crippen LogP contribution < -0.4 is 11.1 Å². The fraction of sp³-hybridized carbons (Fsp3) is 0.143. The highest BCUT2D eigenvalue weighted by Crippen LogP contribution is 2.23. The van der Waals surface area contributed by atoms with Crippen molar-refractivity contribution in [2.75, 3.05) is 5.32 Å². The Hall–Kier alpha value is -1.94. The zero-order chi connectivity index (χ0) is 13.1. The first-order valence-corrected chi connectivity index (χ1v) is 6.08. The van der Waals surface area contributed by atoms with E-state index in [0.29, 0.717) is 0 Å². The van der Waals surface area contributed by atoms with E-state index in [4.69, 9.17) is 18.0 Å². The number of hydrogen-bond donors (Lipinski definition) is 2. The highest BCUT2D eigenvalue weighted by molar-refractivity contribution is 7.80. The molecule has 0 spiro atoms. The van der Waals surface area contributed by atoms with Crippen LogP contribution in [-0.4, -0.2) is 10.9 Å². The summed E-state index contributed by atoms with van der Waals surface area (Å²) in [4.78, 5) is 12.1. The summed E-state index contributed by atoms with van der Waals surface area (Å²) in [6, 6.07) is 13.6. The van der Waals surface area contributed by atoms with Gasteiger partial charge < -0.3 is 11.1 Å². The van der Waals surface area contributed by atoms with Gasteiger partial charge in [-0.2, -0.15) is 0 Å². The largest absolute Gasteiger partial charge is 0.393 e. The van der Waals surface area contributed by atoms with Crippen molar-refractivity contribution >= 4 is 39.6 Å². The minimum absolute atomic E-state index is 0.182. The van der Waals surface area contributed by atoms with Crippen molar-refractivity contribution in [3.05, 3.63) is 42.5 Å². The normalized spacial score (nSPS) is 12.1. The molecule has 2 rings (SSSR count). The molecule has 2 aromatic rings. The molecule has 0 aliphatic heterocycles. The summed E-state index contributed by atoms with van der Waals surface area (Å²) in [6.07, 6.45) is 0. The number of fused-ring (bicyclic) bond motifs is 1. The number of rotatable bonds is 3. The zero-order valence-electron chi connectivity index (χ0n) is 10.0. The molecule has 0 saturated carbocycles. The molecule has 0 saturated heterocycles. The van der Waals surface area contributed by atoms with E-state index in [2.05, 4.69) is 5.32 Å². The van der Waals surface area contributed by atoms with Gasteiger partial charge in [0.15, 0.2) is 0 Å². The second-order valence-corrected chi connectivity index (χ2v) is 4.61. The Kier molecular flexibility index (Phi) is 3.58. The fourth-order valence-corrected chi connectivity index (χ4v) is 1.81. The van der Waals surface area contributed by atoms with Crippen LogP contribution in [-0.2, 0) is 4.79 Å². The summed E-state index contributed by atoms with van der Waals surface area (Å²) < 4.78 is 0. The molecule has 0 aliphatic carbocycles. The van der Waals surface area contributed by atoms with Crippen LogP contribution in [0.25, 0.3) is 10.8 Å². The summed E-state index contributed by atoms with van der Waals surface area (Å²) in [6.45, 7) is 1.70. The summed E-state index contributed by atoms with van der Waals surface area (Å²) in [5.41, 5.74) is 6.25. The summed E-state index contributed by atoms with van der Waals surface area (Å²) >= 11 is 4.82. The summed E-state index contributed by atoms with van der Waals surface area (Å²) in [5, 5.41) is 4.94. The van der Waals surface area contributed by atoms with E-state index in [9.17, 15) is 4.79 Å². The number of thiocarbonyl (C=S) groups is 1. The summed E-state index contributed by atoms with van der Waals surface area (Å²) in [5.74, 6) is -0.655. The van der Waals surface area contributed by atoms with Crippen molar-refractivity contribution in [1.82, 2.24) is 0 Å². The highest BCUT2D eigenvalue weighted by atomic mass is 32.1. The minimum Gasteiger partial charge on any atom is -0.393 e. The van der Waals surface area contributed by atoms with Gasteiger partial charge in [-0.05, 0) is 18.4 Å². The van der Waals surface area contributed by atoms with E-state index >= 15 is 0 Å². The Labute approximate surface area is 111 Å². The highest BCUT2D eigenvalue weighted by Gasteiger charge is 2.16. The number of hydrogen-bond acceptors (Lipinski definition) is 2. The predicted molar refractivity (Wildman–Crippen MR) is 78.5 cm³/mol. The van der Waals surface area contributed by atoms with Crippen LogP contribution in [0.4, 0.5) is 5.69 Å². The molecule has 3 N–H and O–H groups in total. The molecular formula is C14H14N2OS. The Bertz CT molecular complexity index is 604. The molecule has 1 unspecified atom stereocenters. The quantitative estimate of drug-likeness (QED) is 0.832. The van der Waals surface area contributed by atoms with E-state index in [1.165, 1.54) is 0 Å². The van der Waals surface area contributed by atoms with Gasteiger partial charge in [0.25, 0.3) is 0 Å². The second-order valence-electron chi connectivity index (χ2n) is 4.14. The minimum atomic E-state index is -0.473. The van der Waals surface area contributed by atoms with Crippen LogP contribution in [0, 0.1) is 5.92 Å². The lowest BCUT2D eigenvalue weighted by atomic mass is 10.1. The third-order valence-electron chi connectivity index (χ3n) is 2.87.